The Kier molecular flexibility index (Phi) is 8.66. The molecule has 148 valence electrons. The SMILES string of the molecule is CC.CCOc1ccc(Cc2cc([C@H]3C[C@@H](C)C[C@@H](C)O3)ccc2Cl)cc1. The van der Waals surface area contributed by atoms with Gasteiger partial charge in [-0.1, -0.05) is 56.6 Å². The van der Waals surface area contributed by atoms with Crippen LogP contribution in [0.15, 0.2) is 42.5 Å². The maximum atomic E-state index is 6.46. The fraction of sp³-hybridized carbons (Fsp3) is 0.500. The van der Waals surface area contributed by atoms with Crippen molar-refractivity contribution in [1.82, 2.24) is 0 Å². The molecule has 1 heterocycles. The predicted octanol–water partition coefficient (Wildman–Crippen LogP) is 7.23. The van der Waals surface area contributed by atoms with Crippen molar-refractivity contribution in [2.24, 2.45) is 5.92 Å². The molecule has 3 atom stereocenters. The highest BCUT2D eigenvalue weighted by atomic mass is 35.5. The lowest BCUT2D eigenvalue weighted by Gasteiger charge is -2.32. The molecule has 2 nitrogen and oxygen atoms in total. The van der Waals surface area contributed by atoms with E-state index in [0.717, 1.165) is 35.6 Å². The molecule has 0 radical (unpaired) electrons. The molecular weight excluding hydrogens is 356 g/mol. The summed E-state index contributed by atoms with van der Waals surface area (Å²) < 4.78 is 11.7. The molecule has 3 heteroatoms. The van der Waals surface area contributed by atoms with E-state index >= 15 is 0 Å². The Balaban J connectivity index is 0.00000126. The standard InChI is InChI=1S/C22H27ClO2.C2H6/c1-4-24-20-8-5-17(6-9-20)13-19-14-18(7-10-21(19)23)22-12-15(2)11-16(3)25-22;1-2/h5-10,14-16,22H,4,11-13H2,1-3H3;1-2H3/t15-,16+,22+;/m0./s1. The van der Waals surface area contributed by atoms with Crippen LogP contribution in [0.2, 0.25) is 5.02 Å². The average Bonchev–Trinajstić information content (AvgIpc) is 2.66. The van der Waals surface area contributed by atoms with Crippen LogP contribution in [-0.4, -0.2) is 12.7 Å². The molecule has 1 aliphatic rings. The van der Waals surface area contributed by atoms with E-state index in [2.05, 4.69) is 38.1 Å². The van der Waals surface area contributed by atoms with Gasteiger partial charge in [0.2, 0.25) is 0 Å². The molecule has 0 saturated carbocycles. The van der Waals surface area contributed by atoms with Crippen LogP contribution in [0.5, 0.6) is 5.75 Å². The highest BCUT2D eigenvalue weighted by Crippen LogP contribution is 2.36. The summed E-state index contributed by atoms with van der Waals surface area (Å²) >= 11 is 6.46. The number of hydrogen-bond acceptors (Lipinski definition) is 2. The van der Waals surface area contributed by atoms with Crippen molar-refractivity contribution in [2.45, 2.75) is 66.1 Å². The largest absolute Gasteiger partial charge is 0.494 e. The zero-order valence-corrected chi connectivity index (χ0v) is 18.1. The Bertz CT molecular complexity index is 686. The molecule has 2 aromatic carbocycles. The van der Waals surface area contributed by atoms with Crippen LogP contribution in [0.1, 0.15) is 70.3 Å². The van der Waals surface area contributed by atoms with Gasteiger partial charge in [0, 0.05) is 5.02 Å². The van der Waals surface area contributed by atoms with E-state index in [1.54, 1.807) is 0 Å². The molecule has 2 aromatic rings. The van der Waals surface area contributed by atoms with Crippen molar-refractivity contribution in [3.63, 3.8) is 0 Å². The van der Waals surface area contributed by atoms with Gasteiger partial charge in [-0.3, -0.25) is 0 Å². The summed E-state index contributed by atoms with van der Waals surface area (Å²) in [5.41, 5.74) is 3.62. The number of ether oxygens (including phenoxy) is 2. The maximum Gasteiger partial charge on any atom is 0.119 e. The zero-order chi connectivity index (χ0) is 19.8. The van der Waals surface area contributed by atoms with Gasteiger partial charge in [-0.15, -0.1) is 0 Å². The molecule has 0 amide bonds. The summed E-state index contributed by atoms with van der Waals surface area (Å²) in [4.78, 5) is 0. The molecule has 0 spiro atoms. The first-order valence-corrected chi connectivity index (χ1v) is 10.6. The minimum Gasteiger partial charge on any atom is -0.494 e. The monoisotopic (exact) mass is 388 g/mol. The van der Waals surface area contributed by atoms with Gasteiger partial charge in [0.05, 0.1) is 18.8 Å². The van der Waals surface area contributed by atoms with Gasteiger partial charge >= 0.3 is 0 Å². The van der Waals surface area contributed by atoms with Crippen LogP contribution >= 0.6 is 11.6 Å². The summed E-state index contributed by atoms with van der Waals surface area (Å²) in [6, 6.07) is 14.6. The topological polar surface area (TPSA) is 18.5 Å². The normalized spacial score (nSPS) is 21.9. The minimum atomic E-state index is 0.176. The molecule has 27 heavy (non-hydrogen) atoms. The summed E-state index contributed by atoms with van der Waals surface area (Å²) in [6.07, 6.45) is 3.53. The van der Waals surface area contributed by atoms with Gasteiger partial charge in [-0.05, 0) is 73.9 Å². The summed E-state index contributed by atoms with van der Waals surface area (Å²) in [7, 11) is 0. The van der Waals surface area contributed by atoms with E-state index in [1.165, 1.54) is 11.1 Å². The zero-order valence-electron chi connectivity index (χ0n) is 17.3. The third-order valence-corrected chi connectivity index (χ3v) is 5.19. The summed E-state index contributed by atoms with van der Waals surface area (Å²) in [6.45, 7) is 11.2. The second kappa shape index (κ2) is 10.7. The molecule has 1 fully saturated rings. The molecule has 1 aliphatic heterocycles. The van der Waals surface area contributed by atoms with Crippen molar-refractivity contribution in [1.29, 1.82) is 0 Å². The van der Waals surface area contributed by atoms with E-state index in [-0.39, 0.29) is 6.10 Å². The quantitative estimate of drug-likeness (QED) is 0.537. The summed E-state index contributed by atoms with van der Waals surface area (Å²) in [5.74, 6) is 1.60. The number of hydrogen-bond donors (Lipinski definition) is 0. The third-order valence-electron chi connectivity index (χ3n) is 4.82. The van der Waals surface area contributed by atoms with Gasteiger partial charge in [0.15, 0.2) is 0 Å². The average molecular weight is 389 g/mol. The van der Waals surface area contributed by atoms with Crippen molar-refractivity contribution < 1.29 is 9.47 Å². The number of halogens is 1. The van der Waals surface area contributed by atoms with E-state index in [9.17, 15) is 0 Å². The smallest absolute Gasteiger partial charge is 0.119 e. The lowest BCUT2D eigenvalue weighted by Crippen LogP contribution is -2.24. The van der Waals surface area contributed by atoms with E-state index < -0.39 is 0 Å². The molecule has 0 aliphatic carbocycles. The second-order valence-electron chi connectivity index (χ2n) is 7.12. The Morgan fingerprint density at radius 1 is 1.04 bits per heavy atom. The van der Waals surface area contributed by atoms with Crippen LogP contribution in [0.25, 0.3) is 0 Å². The number of rotatable bonds is 5. The fourth-order valence-corrected chi connectivity index (χ4v) is 3.84. The van der Waals surface area contributed by atoms with Crippen LogP contribution in [0, 0.1) is 5.92 Å². The van der Waals surface area contributed by atoms with Crippen molar-refractivity contribution in [2.75, 3.05) is 6.61 Å². The minimum absolute atomic E-state index is 0.176. The Hall–Kier alpha value is -1.51. The van der Waals surface area contributed by atoms with Crippen molar-refractivity contribution >= 4 is 11.6 Å². The summed E-state index contributed by atoms with van der Waals surface area (Å²) in [5, 5.41) is 0.814. The number of benzene rings is 2. The predicted molar refractivity (Wildman–Crippen MR) is 115 cm³/mol. The highest BCUT2D eigenvalue weighted by Gasteiger charge is 2.26. The second-order valence-corrected chi connectivity index (χ2v) is 7.52. The third kappa shape index (κ3) is 6.26. The Morgan fingerprint density at radius 2 is 1.74 bits per heavy atom. The van der Waals surface area contributed by atoms with E-state index in [0.29, 0.717) is 18.6 Å². The van der Waals surface area contributed by atoms with Crippen molar-refractivity contribution in [3.05, 3.63) is 64.2 Å². The fourth-order valence-electron chi connectivity index (χ4n) is 3.66. The van der Waals surface area contributed by atoms with Crippen LogP contribution in [0.3, 0.4) is 0 Å². The van der Waals surface area contributed by atoms with Gasteiger partial charge < -0.3 is 9.47 Å². The highest BCUT2D eigenvalue weighted by molar-refractivity contribution is 6.31. The first kappa shape index (κ1) is 21.8. The molecule has 0 bridgehead atoms. The molecule has 1 saturated heterocycles. The van der Waals surface area contributed by atoms with Crippen LogP contribution in [0.4, 0.5) is 0 Å². The first-order valence-electron chi connectivity index (χ1n) is 10.2. The first-order chi connectivity index (χ1) is 13.0. The molecule has 0 aromatic heterocycles. The molecule has 0 unspecified atom stereocenters. The van der Waals surface area contributed by atoms with Gasteiger partial charge in [0.25, 0.3) is 0 Å². The van der Waals surface area contributed by atoms with Gasteiger partial charge in [-0.2, -0.15) is 0 Å². The maximum absolute atomic E-state index is 6.46. The van der Waals surface area contributed by atoms with Crippen LogP contribution in [-0.2, 0) is 11.2 Å². The van der Waals surface area contributed by atoms with E-state index in [4.69, 9.17) is 21.1 Å². The van der Waals surface area contributed by atoms with Crippen LogP contribution < -0.4 is 4.74 Å². The Labute approximate surface area is 169 Å². The molecular formula is C24H33ClO2. The lowest BCUT2D eigenvalue weighted by atomic mass is 9.89. The van der Waals surface area contributed by atoms with Gasteiger partial charge in [0.1, 0.15) is 5.75 Å². The lowest BCUT2D eigenvalue weighted by molar-refractivity contribution is -0.0604. The van der Waals surface area contributed by atoms with E-state index in [1.807, 2.05) is 39.0 Å². The Morgan fingerprint density at radius 3 is 2.37 bits per heavy atom. The van der Waals surface area contributed by atoms with Crippen molar-refractivity contribution in [3.8, 4) is 5.75 Å². The molecule has 0 N–H and O–H groups in total. The molecule has 3 rings (SSSR count). The van der Waals surface area contributed by atoms with Gasteiger partial charge in [-0.25, -0.2) is 0 Å².